The fourth-order valence-electron chi connectivity index (χ4n) is 6.06. The lowest BCUT2D eigenvalue weighted by Crippen LogP contribution is -2.51. The minimum absolute atomic E-state index is 0.0804. The van der Waals surface area contributed by atoms with E-state index in [0.29, 0.717) is 30.8 Å². The van der Waals surface area contributed by atoms with Gasteiger partial charge in [0.25, 0.3) is 0 Å². The van der Waals surface area contributed by atoms with Gasteiger partial charge in [-0.2, -0.15) is 10.1 Å². The predicted octanol–water partition coefficient (Wildman–Crippen LogP) is 4.39. The lowest BCUT2D eigenvalue weighted by atomic mass is 9.91. The van der Waals surface area contributed by atoms with Gasteiger partial charge in [0, 0.05) is 55.1 Å². The van der Waals surface area contributed by atoms with Gasteiger partial charge in [-0.25, -0.2) is 14.6 Å². The van der Waals surface area contributed by atoms with Gasteiger partial charge in [0.15, 0.2) is 5.82 Å². The van der Waals surface area contributed by atoms with E-state index in [1.54, 1.807) is 11.1 Å². The first kappa shape index (κ1) is 26.6. The number of amides is 3. The molecule has 1 aliphatic heterocycles. The Morgan fingerprint density at radius 2 is 1.57 bits per heavy atom. The van der Waals surface area contributed by atoms with Crippen molar-refractivity contribution in [1.82, 2.24) is 35.7 Å². The van der Waals surface area contributed by atoms with E-state index in [4.69, 9.17) is 4.74 Å². The zero-order valence-corrected chi connectivity index (χ0v) is 23.0. The van der Waals surface area contributed by atoms with Crippen LogP contribution in [0.25, 0.3) is 0 Å². The van der Waals surface area contributed by atoms with Crippen LogP contribution < -0.4 is 21.3 Å². The molecule has 3 heterocycles. The minimum atomic E-state index is -0.213. The van der Waals surface area contributed by atoms with Gasteiger partial charge < -0.3 is 30.9 Å². The Bertz CT molecular complexity index is 1150. The number of piperidine rings is 1. The number of H-pyrrole nitrogens is 1. The molecule has 3 amide bonds. The highest BCUT2D eigenvalue weighted by Gasteiger charge is 2.31. The number of hydrogen-bond donors (Lipinski definition) is 5. The molecule has 12 heteroatoms. The van der Waals surface area contributed by atoms with E-state index in [1.807, 2.05) is 6.07 Å². The summed E-state index contributed by atoms with van der Waals surface area (Å²) in [5, 5.41) is 20.6. The number of rotatable bonds is 8. The highest BCUT2D eigenvalue weighted by atomic mass is 16.6. The van der Waals surface area contributed by atoms with E-state index in [2.05, 4.69) is 47.5 Å². The molecule has 0 atom stereocenters. The Kier molecular flexibility index (Phi) is 8.19. The smallest absolute Gasteiger partial charge is 0.410 e. The topological polar surface area (TPSA) is 149 Å². The van der Waals surface area contributed by atoms with Crippen molar-refractivity contribution in [2.75, 3.05) is 23.7 Å². The fraction of sp³-hybridized carbons (Fsp3) is 0.679. The Balaban J connectivity index is 0.896. The minimum Gasteiger partial charge on any atom is -0.446 e. The SMILES string of the molecule is O=C(NC1CCN(C(=O)OC2CC2)CC1)N[C@H]1CC[C@H](Nc2nccc(Nc3cc(C4CCCC4)[nH]n3)n2)CC1. The summed E-state index contributed by atoms with van der Waals surface area (Å²) in [7, 11) is 0. The quantitative estimate of drug-likeness (QED) is 0.324. The van der Waals surface area contributed by atoms with Crippen LogP contribution >= 0.6 is 0 Å². The van der Waals surface area contributed by atoms with Crippen molar-refractivity contribution >= 4 is 29.7 Å². The maximum absolute atomic E-state index is 12.6. The van der Waals surface area contributed by atoms with Crippen molar-refractivity contribution in [3.63, 3.8) is 0 Å². The Morgan fingerprint density at radius 1 is 0.875 bits per heavy atom. The van der Waals surface area contributed by atoms with Crippen LogP contribution in [0.15, 0.2) is 18.3 Å². The number of aromatic nitrogens is 4. The van der Waals surface area contributed by atoms with Gasteiger partial charge in [0.1, 0.15) is 11.9 Å². The lowest BCUT2D eigenvalue weighted by Gasteiger charge is -2.33. The summed E-state index contributed by atoms with van der Waals surface area (Å²) >= 11 is 0. The van der Waals surface area contributed by atoms with Crippen LogP contribution in [0.4, 0.5) is 27.2 Å². The molecule has 1 saturated heterocycles. The van der Waals surface area contributed by atoms with E-state index in [1.165, 1.54) is 31.4 Å². The maximum Gasteiger partial charge on any atom is 0.410 e. The summed E-state index contributed by atoms with van der Waals surface area (Å²) in [4.78, 5) is 35.5. The molecule has 2 aromatic rings. The number of carbonyl (C=O) groups excluding carboxylic acids is 2. The second-order valence-corrected chi connectivity index (χ2v) is 11.7. The zero-order chi connectivity index (χ0) is 27.3. The van der Waals surface area contributed by atoms with Crippen LogP contribution in [0.2, 0.25) is 0 Å². The summed E-state index contributed by atoms with van der Waals surface area (Å²) in [6, 6.07) is 4.30. The summed E-state index contributed by atoms with van der Waals surface area (Å²) in [5.41, 5.74) is 1.20. The van der Waals surface area contributed by atoms with Crippen molar-refractivity contribution in [3.8, 4) is 0 Å². The number of anilines is 3. The fourth-order valence-corrected chi connectivity index (χ4v) is 6.06. The van der Waals surface area contributed by atoms with Crippen LogP contribution in [0.3, 0.4) is 0 Å². The van der Waals surface area contributed by atoms with Crippen LogP contribution in [0, 0.1) is 0 Å². The third-order valence-corrected chi connectivity index (χ3v) is 8.58. The van der Waals surface area contributed by atoms with E-state index in [0.717, 1.165) is 57.2 Å². The molecule has 0 aromatic carbocycles. The average Bonchev–Trinajstić information content (AvgIpc) is 3.39. The molecule has 4 fully saturated rings. The Hall–Kier alpha value is -3.57. The average molecular weight is 552 g/mol. The molecule has 0 bridgehead atoms. The molecule has 216 valence electrons. The molecule has 4 aliphatic rings. The zero-order valence-electron chi connectivity index (χ0n) is 23.0. The van der Waals surface area contributed by atoms with Crippen molar-refractivity contribution in [3.05, 3.63) is 24.0 Å². The largest absolute Gasteiger partial charge is 0.446 e. The molecule has 40 heavy (non-hydrogen) atoms. The van der Waals surface area contributed by atoms with Crippen molar-refractivity contribution in [1.29, 1.82) is 0 Å². The highest BCUT2D eigenvalue weighted by molar-refractivity contribution is 5.74. The van der Waals surface area contributed by atoms with Crippen LogP contribution in [0.1, 0.15) is 88.7 Å². The lowest BCUT2D eigenvalue weighted by molar-refractivity contribution is 0.0856. The second kappa shape index (κ2) is 12.3. The van der Waals surface area contributed by atoms with Gasteiger partial charge in [-0.05, 0) is 70.3 Å². The van der Waals surface area contributed by atoms with Crippen LogP contribution in [0.5, 0.6) is 0 Å². The van der Waals surface area contributed by atoms with Crippen molar-refractivity contribution in [2.24, 2.45) is 0 Å². The molecule has 3 aliphatic carbocycles. The third kappa shape index (κ3) is 7.14. The number of likely N-dealkylation sites (tertiary alicyclic amines) is 1. The van der Waals surface area contributed by atoms with Gasteiger partial charge in [-0.3, -0.25) is 5.10 Å². The Labute approximate surface area is 234 Å². The van der Waals surface area contributed by atoms with Crippen LogP contribution in [-0.4, -0.2) is 74.5 Å². The van der Waals surface area contributed by atoms with Crippen LogP contribution in [-0.2, 0) is 4.74 Å². The summed E-state index contributed by atoms with van der Waals surface area (Å²) in [6.07, 6.45) is 13.8. The third-order valence-electron chi connectivity index (χ3n) is 8.58. The van der Waals surface area contributed by atoms with E-state index >= 15 is 0 Å². The molecular weight excluding hydrogens is 510 g/mol. The number of ether oxygens (including phenoxy) is 1. The normalized spacial score (nSPS) is 23.9. The first-order chi connectivity index (χ1) is 19.6. The van der Waals surface area contributed by atoms with Crippen molar-refractivity contribution < 1.29 is 14.3 Å². The molecule has 6 rings (SSSR count). The van der Waals surface area contributed by atoms with E-state index in [9.17, 15) is 9.59 Å². The molecule has 12 nitrogen and oxygen atoms in total. The van der Waals surface area contributed by atoms with Gasteiger partial charge in [0.2, 0.25) is 5.95 Å². The number of hydrogen-bond acceptors (Lipinski definition) is 8. The molecule has 2 aromatic heterocycles. The Morgan fingerprint density at radius 3 is 2.30 bits per heavy atom. The molecule has 0 radical (unpaired) electrons. The summed E-state index contributed by atoms with van der Waals surface area (Å²) < 4.78 is 5.38. The highest BCUT2D eigenvalue weighted by Crippen LogP contribution is 2.34. The molecule has 3 saturated carbocycles. The first-order valence-corrected chi connectivity index (χ1v) is 15.0. The predicted molar refractivity (Wildman–Crippen MR) is 151 cm³/mol. The maximum atomic E-state index is 12.6. The number of aromatic amines is 1. The van der Waals surface area contributed by atoms with E-state index < -0.39 is 0 Å². The molecular formula is C28H41N9O3. The number of carbonyl (C=O) groups is 2. The first-order valence-electron chi connectivity index (χ1n) is 15.0. The number of nitrogens with one attached hydrogen (secondary N) is 5. The molecule has 5 N–H and O–H groups in total. The second-order valence-electron chi connectivity index (χ2n) is 11.7. The van der Waals surface area contributed by atoms with E-state index in [-0.39, 0.29) is 36.4 Å². The van der Waals surface area contributed by atoms with Gasteiger partial charge in [-0.15, -0.1) is 0 Å². The molecule has 0 spiro atoms. The van der Waals surface area contributed by atoms with Crippen molar-refractivity contribution in [2.45, 2.75) is 107 Å². The number of nitrogens with zero attached hydrogens (tertiary/aromatic N) is 4. The standard InChI is InChI=1S/C28H41N9O3/c38-27(32-21-12-15-37(16-13-21)28(39)40-22-9-10-22)31-20-7-5-19(6-8-20)30-26-29-14-11-24(34-26)33-25-17-23(35-36-25)18-3-1-2-4-18/h11,14,17-22H,1-10,12-13,15-16H2,(H2,31,32,38)(H3,29,30,33,34,35,36)/t19-,20-. The van der Waals surface area contributed by atoms with Gasteiger partial charge >= 0.3 is 12.1 Å². The summed E-state index contributed by atoms with van der Waals surface area (Å²) in [5.74, 6) is 2.67. The monoisotopic (exact) mass is 551 g/mol. The van der Waals surface area contributed by atoms with Gasteiger partial charge in [0.05, 0.1) is 0 Å². The summed E-state index contributed by atoms with van der Waals surface area (Å²) in [6.45, 7) is 1.24. The number of urea groups is 1. The molecule has 0 unspecified atom stereocenters. The van der Waals surface area contributed by atoms with Gasteiger partial charge in [-0.1, -0.05) is 12.8 Å².